The topological polar surface area (TPSA) is 74.4 Å². The molecule has 2 bridgehead atoms. The van der Waals surface area contributed by atoms with E-state index in [1.807, 2.05) is 9.80 Å². The van der Waals surface area contributed by atoms with Crippen molar-refractivity contribution in [2.45, 2.75) is 49.5 Å². The molecule has 0 aromatic heterocycles. The number of amides is 3. The molecule has 31 heavy (non-hydrogen) atoms. The minimum atomic E-state index is -0.0901. The van der Waals surface area contributed by atoms with Crippen LogP contribution < -0.4 is 10.2 Å². The Morgan fingerprint density at radius 3 is 2.42 bits per heavy atom. The molecule has 0 aliphatic carbocycles. The molecule has 1 aromatic carbocycles. The van der Waals surface area contributed by atoms with Crippen LogP contribution in [-0.2, 0) is 14.3 Å². The van der Waals surface area contributed by atoms with Gasteiger partial charge in [0.2, 0.25) is 5.91 Å². The van der Waals surface area contributed by atoms with Crippen molar-refractivity contribution in [1.29, 1.82) is 0 Å². The fraction of sp³-hybridized carbons (Fsp3) is 0.652. The number of urea groups is 1. The second kappa shape index (κ2) is 7.67. The summed E-state index contributed by atoms with van der Waals surface area (Å²) in [6, 6.07) is 8.88. The van der Waals surface area contributed by atoms with Gasteiger partial charge in [0.1, 0.15) is 6.61 Å². The van der Waals surface area contributed by atoms with Gasteiger partial charge >= 0.3 is 6.03 Å². The smallest absolute Gasteiger partial charge is 0.320 e. The van der Waals surface area contributed by atoms with Crippen LogP contribution in [0.25, 0.3) is 0 Å². The molecular formula is C23H30N4O4. The summed E-state index contributed by atoms with van der Waals surface area (Å²) in [6.45, 7) is 4.85. The number of carbonyl (C=O) groups is 2. The zero-order valence-electron chi connectivity index (χ0n) is 17.7. The van der Waals surface area contributed by atoms with Gasteiger partial charge < -0.3 is 29.5 Å². The van der Waals surface area contributed by atoms with Crippen LogP contribution >= 0.6 is 0 Å². The molecule has 5 aliphatic heterocycles. The monoisotopic (exact) mass is 426 g/mol. The molecule has 5 heterocycles. The first-order valence-corrected chi connectivity index (χ1v) is 11.6. The summed E-state index contributed by atoms with van der Waals surface area (Å²) in [4.78, 5) is 30.7. The summed E-state index contributed by atoms with van der Waals surface area (Å²) in [5.41, 5.74) is 2.58. The van der Waals surface area contributed by atoms with Crippen LogP contribution in [0.3, 0.4) is 0 Å². The highest BCUT2D eigenvalue weighted by Gasteiger charge is 2.40. The Morgan fingerprint density at radius 2 is 1.68 bits per heavy atom. The summed E-state index contributed by atoms with van der Waals surface area (Å²) in [5.74, 6) is 0.307. The molecule has 8 nitrogen and oxygen atoms in total. The highest BCUT2D eigenvalue weighted by molar-refractivity contribution is 5.79. The summed E-state index contributed by atoms with van der Waals surface area (Å²) >= 11 is 0. The first kappa shape index (κ1) is 19.4. The van der Waals surface area contributed by atoms with Gasteiger partial charge in [-0.15, -0.1) is 0 Å². The first-order valence-electron chi connectivity index (χ1n) is 11.6. The number of likely N-dealkylation sites (tertiary alicyclic amines) is 2. The van der Waals surface area contributed by atoms with E-state index in [-0.39, 0.29) is 30.7 Å². The standard InChI is InChI=1S/C23H30N4O4/c28-22-14-30-21-7-8-25(13-20(21)24-22)23(29)27-9-16(10-27)15-1-3-17(4-2-15)26-11-18-5-6-19(12-26)31-18/h1-4,16,18-21H,5-14H2,(H,24,28)/t18?,19?,20-,21+/m1/s1. The average molecular weight is 427 g/mol. The number of nitrogens with zero attached hydrogens (tertiary/aromatic N) is 3. The van der Waals surface area contributed by atoms with E-state index in [2.05, 4.69) is 34.5 Å². The summed E-state index contributed by atoms with van der Waals surface area (Å²) < 4.78 is 11.5. The maximum Gasteiger partial charge on any atom is 0.320 e. The van der Waals surface area contributed by atoms with Gasteiger partial charge in [0.05, 0.1) is 24.4 Å². The van der Waals surface area contributed by atoms with E-state index in [9.17, 15) is 9.59 Å². The molecule has 0 radical (unpaired) electrons. The van der Waals surface area contributed by atoms with Gasteiger partial charge in [0.15, 0.2) is 0 Å². The van der Waals surface area contributed by atoms with E-state index in [1.54, 1.807) is 0 Å². The molecule has 2 unspecified atom stereocenters. The third-order valence-corrected chi connectivity index (χ3v) is 7.52. The van der Waals surface area contributed by atoms with E-state index >= 15 is 0 Å². The van der Waals surface area contributed by atoms with Crippen LogP contribution in [0.2, 0.25) is 0 Å². The molecule has 5 saturated heterocycles. The van der Waals surface area contributed by atoms with Gasteiger partial charge in [-0.2, -0.15) is 0 Å². The van der Waals surface area contributed by atoms with Crippen molar-refractivity contribution in [1.82, 2.24) is 15.1 Å². The third kappa shape index (κ3) is 3.65. The molecule has 3 amide bonds. The maximum absolute atomic E-state index is 12.9. The Labute approximate surface area is 182 Å². The maximum atomic E-state index is 12.9. The van der Waals surface area contributed by atoms with Crippen LogP contribution in [0.4, 0.5) is 10.5 Å². The van der Waals surface area contributed by atoms with Crippen LogP contribution in [-0.4, -0.2) is 92.0 Å². The van der Waals surface area contributed by atoms with Crippen LogP contribution in [0.1, 0.15) is 30.7 Å². The minimum Gasteiger partial charge on any atom is -0.371 e. The number of piperidine rings is 1. The number of morpholine rings is 2. The number of nitrogens with one attached hydrogen (secondary N) is 1. The molecule has 0 spiro atoms. The van der Waals surface area contributed by atoms with Gasteiger partial charge in [-0.1, -0.05) is 12.1 Å². The second-order valence-corrected chi connectivity index (χ2v) is 9.60. The molecule has 1 aromatic rings. The van der Waals surface area contributed by atoms with E-state index in [0.29, 0.717) is 31.2 Å². The van der Waals surface area contributed by atoms with Crippen molar-refractivity contribution in [3.05, 3.63) is 29.8 Å². The number of rotatable bonds is 2. The Bertz CT molecular complexity index is 844. The van der Waals surface area contributed by atoms with E-state index in [0.717, 1.165) is 32.6 Å². The Hall–Kier alpha value is -2.32. The molecule has 5 fully saturated rings. The predicted octanol–water partition coefficient (Wildman–Crippen LogP) is 1.16. The van der Waals surface area contributed by atoms with Crippen LogP contribution in [0.15, 0.2) is 24.3 Å². The second-order valence-electron chi connectivity index (χ2n) is 9.60. The quantitative estimate of drug-likeness (QED) is 0.768. The molecule has 6 rings (SSSR count). The Balaban J connectivity index is 1.02. The molecule has 166 valence electrons. The van der Waals surface area contributed by atoms with Crippen molar-refractivity contribution in [3.63, 3.8) is 0 Å². The van der Waals surface area contributed by atoms with Crippen molar-refractivity contribution < 1.29 is 19.1 Å². The van der Waals surface area contributed by atoms with Crippen molar-refractivity contribution in [2.24, 2.45) is 0 Å². The number of carbonyl (C=O) groups excluding carboxylic acids is 2. The number of ether oxygens (including phenoxy) is 2. The minimum absolute atomic E-state index is 0.0334. The number of hydrogen-bond donors (Lipinski definition) is 1. The Kier molecular flexibility index (Phi) is 4.79. The van der Waals surface area contributed by atoms with Crippen molar-refractivity contribution in [3.8, 4) is 0 Å². The van der Waals surface area contributed by atoms with Gasteiger partial charge in [0, 0.05) is 50.9 Å². The zero-order chi connectivity index (χ0) is 20.9. The predicted molar refractivity (Wildman–Crippen MR) is 114 cm³/mol. The van der Waals surface area contributed by atoms with Crippen molar-refractivity contribution in [2.75, 3.05) is 50.8 Å². The van der Waals surface area contributed by atoms with E-state index in [1.165, 1.54) is 24.1 Å². The highest BCUT2D eigenvalue weighted by Crippen LogP contribution is 2.33. The van der Waals surface area contributed by atoms with E-state index in [4.69, 9.17) is 9.47 Å². The molecule has 0 saturated carbocycles. The summed E-state index contributed by atoms with van der Waals surface area (Å²) in [7, 11) is 0. The number of anilines is 1. The van der Waals surface area contributed by atoms with Crippen LogP contribution in [0, 0.1) is 0 Å². The fourth-order valence-electron chi connectivity index (χ4n) is 5.70. The van der Waals surface area contributed by atoms with E-state index < -0.39 is 0 Å². The summed E-state index contributed by atoms with van der Waals surface area (Å²) in [5, 5.41) is 2.97. The largest absolute Gasteiger partial charge is 0.371 e. The normalized spacial score (nSPS) is 33.0. The van der Waals surface area contributed by atoms with Gasteiger partial charge in [0.25, 0.3) is 0 Å². The van der Waals surface area contributed by atoms with Gasteiger partial charge in [-0.25, -0.2) is 4.79 Å². The number of hydrogen-bond acceptors (Lipinski definition) is 5. The summed E-state index contributed by atoms with van der Waals surface area (Å²) in [6.07, 6.45) is 3.96. The third-order valence-electron chi connectivity index (χ3n) is 7.52. The Morgan fingerprint density at radius 1 is 0.935 bits per heavy atom. The lowest BCUT2D eigenvalue weighted by atomic mass is 9.91. The van der Waals surface area contributed by atoms with Crippen LogP contribution in [0.5, 0.6) is 0 Å². The van der Waals surface area contributed by atoms with Gasteiger partial charge in [-0.05, 0) is 37.0 Å². The molecule has 1 N–H and O–H groups in total. The fourth-order valence-corrected chi connectivity index (χ4v) is 5.70. The van der Waals surface area contributed by atoms with Gasteiger partial charge in [-0.3, -0.25) is 4.79 Å². The lowest BCUT2D eigenvalue weighted by Gasteiger charge is -2.46. The highest BCUT2D eigenvalue weighted by atomic mass is 16.5. The lowest BCUT2D eigenvalue weighted by molar-refractivity contribution is -0.139. The molecule has 8 heteroatoms. The van der Waals surface area contributed by atoms with Crippen molar-refractivity contribution >= 4 is 17.6 Å². The molecule has 5 aliphatic rings. The SMILES string of the molecule is O=C1CO[C@H]2CCN(C(=O)N3CC(c4ccc(N5CC6CCC(C5)O6)cc4)C3)C[C@H]2N1. The first-order chi connectivity index (χ1) is 15.1. The number of benzene rings is 1. The molecular weight excluding hydrogens is 396 g/mol. The number of fused-ring (bicyclic) bond motifs is 3. The average Bonchev–Trinajstić information content (AvgIpc) is 3.10. The zero-order valence-corrected chi connectivity index (χ0v) is 17.7. The lowest BCUT2D eigenvalue weighted by Crippen LogP contribution is -2.63. The molecule has 4 atom stereocenters.